The van der Waals surface area contributed by atoms with Crippen molar-refractivity contribution in [3.05, 3.63) is 56.0 Å². The van der Waals surface area contributed by atoms with Crippen molar-refractivity contribution in [2.75, 3.05) is 11.1 Å². The number of carbonyl (C=O) groups is 1. The van der Waals surface area contributed by atoms with Gasteiger partial charge in [-0.05, 0) is 52.7 Å². The number of amides is 1. The van der Waals surface area contributed by atoms with Gasteiger partial charge in [-0.25, -0.2) is 0 Å². The average molecular weight is 374 g/mol. The summed E-state index contributed by atoms with van der Waals surface area (Å²) in [5.74, 6) is -0.305. The Morgan fingerprint density at radius 2 is 2.00 bits per heavy atom. The standard InChI is InChI=1S/C14H11BrCl2N2O/c1-7-5-11(18)10(16)6-12(7)19-14(20)8-3-2-4-9(15)13(8)17/h2-6H,18H2,1H3,(H,19,20). The maximum Gasteiger partial charge on any atom is 0.257 e. The van der Waals surface area contributed by atoms with E-state index in [1.807, 2.05) is 6.92 Å². The van der Waals surface area contributed by atoms with Gasteiger partial charge in [-0.3, -0.25) is 4.79 Å². The minimum atomic E-state index is -0.305. The van der Waals surface area contributed by atoms with Gasteiger partial charge in [-0.15, -0.1) is 0 Å². The van der Waals surface area contributed by atoms with Crippen LogP contribution in [0.1, 0.15) is 15.9 Å². The van der Waals surface area contributed by atoms with Gasteiger partial charge in [-0.2, -0.15) is 0 Å². The molecule has 3 nitrogen and oxygen atoms in total. The second-order valence-electron chi connectivity index (χ2n) is 4.24. The van der Waals surface area contributed by atoms with E-state index in [1.54, 1.807) is 30.3 Å². The van der Waals surface area contributed by atoms with Crippen LogP contribution in [0.15, 0.2) is 34.8 Å². The molecule has 0 spiro atoms. The molecule has 2 aromatic rings. The van der Waals surface area contributed by atoms with Crippen molar-refractivity contribution >= 4 is 56.4 Å². The van der Waals surface area contributed by atoms with Crippen molar-refractivity contribution in [2.45, 2.75) is 6.92 Å². The molecule has 0 aromatic heterocycles. The molecular weight excluding hydrogens is 363 g/mol. The molecule has 0 heterocycles. The van der Waals surface area contributed by atoms with Crippen LogP contribution < -0.4 is 11.1 Å². The fourth-order valence-corrected chi connectivity index (χ4v) is 2.45. The Morgan fingerprint density at radius 3 is 2.70 bits per heavy atom. The van der Waals surface area contributed by atoms with Crippen LogP contribution in [0.4, 0.5) is 11.4 Å². The zero-order valence-corrected chi connectivity index (χ0v) is 13.6. The maximum absolute atomic E-state index is 12.2. The highest BCUT2D eigenvalue weighted by Gasteiger charge is 2.14. The Kier molecular flexibility index (Phi) is 4.58. The molecule has 0 saturated heterocycles. The van der Waals surface area contributed by atoms with Gasteiger partial charge in [-0.1, -0.05) is 29.3 Å². The quantitative estimate of drug-likeness (QED) is 0.735. The smallest absolute Gasteiger partial charge is 0.257 e. The molecule has 3 N–H and O–H groups in total. The molecule has 0 fully saturated rings. The molecule has 0 bridgehead atoms. The van der Waals surface area contributed by atoms with E-state index in [1.165, 1.54) is 0 Å². The zero-order chi connectivity index (χ0) is 14.9. The number of hydrogen-bond donors (Lipinski definition) is 2. The van der Waals surface area contributed by atoms with E-state index in [4.69, 9.17) is 28.9 Å². The normalized spacial score (nSPS) is 10.4. The van der Waals surface area contributed by atoms with Gasteiger partial charge < -0.3 is 11.1 Å². The topological polar surface area (TPSA) is 55.1 Å². The van der Waals surface area contributed by atoms with Crippen molar-refractivity contribution < 1.29 is 4.79 Å². The van der Waals surface area contributed by atoms with Gasteiger partial charge >= 0.3 is 0 Å². The molecule has 6 heteroatoms. The number of aryl methyl sites for hydroxylation is 1. The van der Waals surface area contributed by atoms with Gasteiger partial charge in [0.25, 0.3) is 5.91 Å². The van der Waals surface area contributed by atoms with E-state index in [2.05, 4.69) is 21.2 Å². The molecule has 0 aliphatic rings. The number of benzene rings is 2. The lowest BCUT2D eigenvalue weighted by Gasteiger charge is -2.11. The summed E-state index contributed by atoms with van der Waals surface area (Å²) in [6.45, 7) is 1.84. The molecule has 0 saturated carbocycles. The predicted molar refractivity (Wildman–Crippen MR) is 87.7 cm³/mol. The lowest BCUT2D eigenvalue weighted by atomic mass is 10.1. The van der Waals surface area contributed by atoms with E-state index >= 15 is 0 Å². The SMILES string of the molecule is Cc1cc(N)c(Cl)cc1NC(=O)c1cccc(Br)c1Cl. The number of rotatable bonds is 2. The zero-order valence-electron chi connectivity index (χ0n) is 10.5. The van der Waals surface area contributed by atoms with Crippen LogP contribution >= 0.6 is 39.1 Å². The first-order valence-corrected chi connectivity index (χ1v) is 7.26. The molecule has 0 radical (unpaired) electrons. The van der Waals surface area contributed by atoms with Gasteiger partial charge in [0.05, 0.1) is 21.3 Å². The first-order valence-electron chi connectivity index (χ1n) is 5.71. The van der Waals surface area contributed by atoms with Crippen LogP contribution in [-0.2, 0) is 0 Å². The lowest BCUT2D eigenvalue weighted by Crippen LogP contribution is -2.13. The Bertz CT molecular complexity index is 689. The summed E-state index contributed by atoms with van der Waals surface area (Å²) in [6.07, 6.45) is 0. The number of anilines is 2. The Balaban J connectivity index is 2.33. The Labute approximate surface area is 135 Å². The predicted octanol–water partition coefficient (Wildman–Crippen LogP) is 4.90. The second kappa shape index (κ2) is 6.04. The fraction of sp³-hybridized carbons (Fsp3) is 0.0714. The number of hydrogen-bond acceptors (Lipinski definition) is 2. The van der Waals surface area contributed by atoms with Gasteiger partial charge in [0, 0.05) is 10.2 Å². The summed E-state index contributed by atoms with van der Waals surface area (Å²) >= 11 is 15.3. The van der Waals surface area contributed by atoms with Crippen LogP contribution in [0.3, 0.4) is 0 Å². The van der Waals surface area contributed by atoms with E-state index in [-0.39, 0.29) is 5.91 Å². The third kappa shape index (κ3) is 3.08. The van der Waals surface area contributed by atoms with E-state index < -0.39 is 0 Å². The van der Waals surface area contributed by atoms with Crippen LogP contribution in [0.25, 0.3) is 0 Å². The molecular formula is C14H11BrCl2N2O. The third-order valence-electron chi connectivity index (χ3n) is 2.79. The van der Waals surface area contributed by atoms with Crippen molar-refractivity contribution in [1.82, 2.24) is 0 Å². The maximum atomic E-state index is 12.2. The Hall–Kier alpha value is -1.23. The van der Waals surface area contributed by atoms with Gasteiger partial charge in [0.1, 0.15) is 0 Å². The highest BCUT2D eigenvalue weighted by molar-refractivity contribution is 9.10. The van der Waals surface area contributed by atoms with E-state index in [0.29, 0.717) is 31.5 Å². The van der Waals surface area contributed by atoms with Crippen LogP contribution in [0.5, 0.6) is 0 Å². The first-order chi connectivity index (χ1) is 9.40. The lowest BCUT2D eigenvalue weighted by molar-refractivity contribution is 0.102. The van der Waals surface area contributed by atoms with Crippen LogP contribution in [-0.4, -0.2) is 5.91 Å². The van der Waals surface area contributed by atoms with Crippen molar-refractivity contribution in [2.24, 2.45) is 0 Å². The number of nitrogens with two attached hydrogens (primary N) is 1. The largest absolute Gasteiger partial charge is 0.398 e. The molecule has 0 atom stereocenters. The molecule has 2 rings (SSSR count). The number of nitrogen functional groups attached to an aromatic ring is 1. The number of nitrogens with one attached hydrogen (secondary N) is 1. The Morgan fingerprint density at radius 1 is 1.30 bits per heavy atom. The molecule has 104 valence electrons. The number of carbonyl (C=O) groups excluding carboxylic acids is 1. The molecule has 0 aliphatic carbocycles. The van der Waals surface area contributed by atoms with E-state index in [9.17, 15) is 4.79 Å². The molecule has 2 aromatic carbocycles. The molecule has 0 aliphatic heterocycles. The second-order valence-corrected chi connectivity index (χ2v) is 5.88. The minimum absolute atomic E-state index is 0.305. The molecule has 0 unspecified atom stereocenters. The van der Waals surface area contributed by atoms with E-state index in [0.717, 1.165) is 5.56 Å². The van der Waals surface area contributed by atoms with Crippen molar-refractivity contribution in [3.63, 3.8) is 0 Å². The molecule has 1 amide bonds. The number of halogens is 3. The average Bonchev–Trinajstić information content (AvgIpc) is 2.39. The highest BCUT2D eigenvalue weighted by Crippen LogP contribution is 2.29. The van der Waals surface area contributed by atoms with Crippen molar-refractivity contribution in [1.29, 1.82) is 0 Å². The first kappa shape index (κ1) is 15.2. The minimum Gasteiger partial charge on any atom is -0.398 e. The highest BCUT2D eigenvalue weighted by atomic mass is 79.9. The summed E-state index contributed by atoms with van der Waals surface area (Å²) in [4.78, 5) is 12.2. The van der Waals surface area contributed by atoms with Gasteiger partial charge in [0.15, 0.2) is 0 Å². The monoisotopic (exact) mass is 372 g/mol. The van der Waals surface area contributed by atoms with Crippen molar-refractivity contribution in [3.8, 4) is 0 Å². The third-order valence-corrected chi connectivity index (χ3v) is 4.41. The summed E-state index contributed by atoms with van der Waals surface area (Å²) in [6, 6.07) is 8.49. The summed E-state index contributed by atoms with van der Waals surface area (Å²) in [5, 5.41) is 3.54. The fourth-order valence-electron chi connectivity index (χ4n) is 1.71. The summed E-state index contributed by atoms with van der Waals surface area (Å²) in [5.41, 5.74) is 7.99. The van der Waals surface area contributed by atoms with Crippen LogP contribution in [0, 0.1) is 6.92 Å². The summed E-state index contributed by atoms with van der Waals surface area (Å²) in [7, 11) is 0. The summed E-state index contributed by atoms with van der Waals surface area (Å²) < 4.78 is 0.666. The van der Waals surface area contributed by atoms with Gasteiger partial charge in [0.2, 0.25) is 0 Å². The van der Waals surface area contributed by atoms with Crippen LogP contribution in [0.2, 0.25) is 10.0 Å². The molecule has 20 heavy (non-hydrogen) atoms.